The molecule has 0 aliphatic heterocycles. The second-order valence-corrected chi connectivity index (χ2v) is 7.56. The molecular formula is C24H30. The number of rotatable bonds is 5. The fourth-order valence-electron chi connectivity index (χ4n) is 4.07. The zero-order valence-corrected chi connectivity index (χ0v) is 15.3. The number of allylic oxidation sites excluding steroid dienone is 1. The number of benzene rings is 2. The molecule has 0 saturated heterocycles. The molecule has 0 unspecified atom stereocenters. The van der Waals surface area contributed by atoms with Gasteiger partial charge in [-0.25, -0.2) is 0 Å². The van der Waals surface area contributed by atoms with Crippen LogP contribution in [0.3, 0.4) is 0 Å². The Morgan fingerprint density at radius 2 is 1.58 bits per heavy atom. The van der Waals surface area contributed by atoms with Crippen molar-refractivity contribution in [1.82, 2.24) is 0 Å². The zero-order valence-electron chi connectivity index (χ0n) is 15.3. The van der Waals surface area contributed by atoms with Crippen LogP contribution in [-0.2, 0) is 12.8 Å². The van der Waals surface area contributed by atoms with Crippen molar-refractivity contribution >= 4 is 5.57 Å². The van der Waals surface area contributed by atoms with Gasteiger partial charge in [0.05, 0.1) is 0 Å². The lowest BCUT2D eigenvalue weighted by atomic mass is 9.82. The Kier molecular flexibility index (Phi) is 5.56. The van der Waals surface area contributed by atoms with Gasteiger partial charge in [0.15, 0.2) is 0 Å². The van der Waals surface area contributed by atoms with Crippen LogP contribution in [0.15, 0.2) is 49.0 Å². The molecule has 0 N–H and O–H groups in total. The highest BCUT2D eigenvalue weighted by atomic mass is 14.2. The first-order valence-electron chi connectivity index (χ1n) is 9.45. The van der Waals surface area contributed by atoms with Crippen LogP contribution in [-0.4, -0.2) is 0 Å². The molecule has 126 valence electrons. The molecule has 0 amide bonds. The summed E-state index contributed by atoms with van der Waals surface area (Å²) in [5.41, 5.74) is 8.34. The quantitative estimate of drug-likeness (QED) is 0.576. The lowest BCUT2D eigenvalue weighted by Crippen LogP contribution is -2.10. The van der Waals surface area contributed by atoms with Crippen molar-refractivity contribution in [3.8, 4) is 0 Å². The van der Waals surface area contributed by atoms with E-state index in [1.54, 1.807) is 5.56 Å². The van der Waals surface area contributed by atoms with E-state index in [4.69, 9.17) is 0 Å². The Morgan fingerprint density at radius 3 is 2.29 bits per heavy atom. The highest BCUT2D eigenvalue weighted by Crippen LogP contribution is 2.30. The first-order chi connectivity index (χ1) is 11.6. The average molecular weight is 319 g/mol. The summed E-state index contributed by atoms with van der Waals surface area (Å²) < 4.78 is 0. The molecule has 1 aliphatic rings. The third-order valence-electron chi connectivity index (χ3n) is 5.61. The summed E-state index contributed by atoms with van der Waals surface area (Å²) in [6.07, 6.45) is 9.33. The smallest absolute Gasteiger partial charge is 0.00230 e. The van der Waals surface area contributed by atoms with E-state index in [1.165, 1.54) is 66.4 Å². The topological polar surface area (TPSA) is 0 Å². The van der Waals surface area contributed by atoms with Crippen molar-refractivity contribution in [1.29, 1.82) is 0 Å². The fourth-order valence-corrected chi connectivity index (χ4v) is 4.07. The maximum absolute atomic E-state index is 4.33. The molecule has 2 aromatic carbocycles. The van der Waals surface area contributed by atoms with Crippen LogP contribution in [0.25, 0.3) is 5.57 Å². The predicted octanol–water partition coefficient (Wildman–Crippen LogP) is 6.68. The minimum atomic E-state index is 0.894. The largest absolute Gasteiger partial charge is 0.0949 e. The van der Waals surface area contributed by atoms with Gasteiger partial charge >= 0.3 is 0 Å². The SMILES string of the molecule is C=C(Cc1cc(CC2CCCCC2)c(C)cc1C)c1ccccc1. The number of hydrogen-bond acceptors (Lipinski definition) is 0. The second-order valence-electron chi connectivity index (χ2n) is 7.56. The van der Waals surface area contributed by atoms with E-state index in [0.717, 1.165) is 12.3 Å². The van der Waals surface area contributed by atoms with Crippen molar-refractivity contribution in [2.24, 2.45) is 5.92 Å². The molecule has 0 bridgehead atoms. The number of hydrogen-bond donors (Lipinski definition) is 0. The van der Waals surface area contributed by atoms with Crippen LogP contribution in [0.5, 0.6) is 0 Å². The molecule has 1 saturated carbocycles. The van der Waals surface area contributed by atoms with Gasteiger partial charge in [0.25, 0.3) is 0 Å². The van der Waals surface area contributed by atoms with Gasteiger partial charge < -0.3 is 0 Å². The summed E-state index contributed by atoms with van der Waals surface area (Å²) in [6.45, 7) is 8.85. The molecule has 0 nitrogen and oxygen atoms in total. The number of aryl methyl sites for hydroxylation is 2. The predicted molar refractivity (Wildman–Crippen MR) is 105 cm³/mol. The maximum Gasteiger partial charge on any atom is -0.00230 e. The highest BCUT2D eigenvalue weighted by Gasteiger charge is 2.16. The molecule has 0 radical (unpaired) electrons. The van der Waals surface area contributed by atoms with Crippen molar-refractivity contribution in [2.45, 2.75) is 58.8 Å². The maximum atomic E-state index is 4.33. The molecule has 24 heavy (non-hydrogen) atoms. The standard InChI is InChI=1S/C24H30/c1-18-14-19(2)24(16-21-10-6-4-7-11-21)17-23(18)15-20(3)22-12-8-5-9-13-22/h5,8-9,12-14,17,21H,3-4,6-7,10-11,15-16H2,1-2H3. The van der Waals surface area contributed by atoms with E-state index in [-0.39, 0.29) is 0 Å². The molecule has 0 heteroatoms. The van der Waals surface area contributed by atoms with Gasteiger partial charge in [0.2, 0.25) is 0 Å². The fraction of sp³-hybridized carbons (Fsp3) is 0.417. The van der Waals surface area contributed by atoms with Crippen LogP contribution < -0.4 is 0 Å². The van der Waals surface area contributed by atoms with Crippen LogP contribution in [0.4, 0.5) is 0 Å². The van der Waals surface area contributed by atoms with Gasteiger partial charge in [-0.15, -0.1) is 0 Å². The molecule has 0 aromatic heterocycles. The van der Waals surface area contributed by atoms with Crippen LogP contribution in [0.1, 0.15) is 59.9 Å². The first-order valence-corrected chi connectivity index (χ1v) is 9.45. The van der Waals surface area contributed by atoms with Crippen LogP contribution in [0.2, 0.25) is 0 Å². The summed E-state index contributed by atoms with van der Waals surface area (Å²) in [7, 11) is 0. The van der Waals surface area contributed by atoms with E-state index in [9.17, 15) is 0 Å². The molecule has 0 atom stereocenters. The third-order valence-corrected chi connectivity index (χ3v) is 5.61. The monoisotopic (exact) mass is 318 g/mol. The van der Waals surface area contributed by atoms with Crippen molar-refractivity contribution in [3.05, 3.63) is 76.9 Å². The Bertz CT molecular complexity index is 687. The molecule has 1 fully saturated rings. The minimum absolute atomic E-state index is 0.894. The summed E-state index contributed by atoms with van der Waals surface area (Å²) in [4.78, 5) is 0. The van der Waals surface area contributed by atoms with Gasteiger partial charge in [-0.1, -0.05) is 81.1 Å². The Hall–Kier alpha value is -1.82. The van der Waals surface area contributed by atoms with E-state index < -0.39 is 0 Å². The minimum Gasteiger partial charge on any atom is -0.0949 e. The van der Waals surface area contributed by atoms with Crippen LogP contribution >= 0.6 is 0 Å². The van der Waals surface area contributed by atoms with Gasteiger partial charge in [-0.3, -0.25) is 0 Å². The third kappa shape index (κ3) is 4.17. The second kappa shape index (κ2) is 7.83. The Balaban J connectivity index is 1.77. The summed E-state index contributed by atoms with van der Waals surface area (Å²) in [5.74, 6) is 0.894. The van der Waals surface area contributed by atoms with Gasteiger partial charge in [0.1, 0.15) is 0 Å². The lowest BCUT2D eigenvalue weighted by molar-refractivity contribution is 0.356. The van der Waals surface area contributed by atoms with Crippen molar-refractivity contribution < 1.29 is 0 Å². The van der Waals surface area contributed by atoms with Crippen molar-refractivity contribution in [3.63, 3.8) is 0 Å². The van der Waals surface area contributed by atoms with Crippen molar-refractivity contribution in [2.75, 3.05) is 0 Å². The molecule has 3 rings (SSSR count). The van der Waals surface area contributed by atoms with E-state index in [0.29, 0.717) is 0 Å². The summed E-state index contributed by atoms with van der Waals surface area (Å²) >= 11 is 0. The lowest BCUT2D eigenvalue weighted by Gasteiger charge is -2.23. The first kappa shape index (κ1) is 17.0. The summed E-state index contributed by atoms with van der Waals surface area (Å²) in [6, 6.07) is 15.4. The Labute approximate surface area is 147 Å². The van der Waals surface area contributed by atoms with E-state index >= 15 is 0 Å². The van der Waals surface area contributed by atoms with Gasteiger partial charge in [-0.2, -0.15) is 0 Å². The van der Waals surface area contributed by atoms with Gasteiger partial charge in [-0.05, 0) is 66.0 Å². The summed E-state index contributed by atoms with van der Waals surface area (Å²) in [5, 5.41) is 0. The van der Waals surface area contributed by atoms with Gasteiger partial charge in [0, 0.05) is 0 Å². The molecule has 0 heterocycles. The zero-order chi connectivity index (χ0) is 16.9. The molecule has 2 aromatic rings. The molecular weight excluding hydrogens is 288 g/mol. The average Bonchev–Trinajstić information content (AvgIpc) is 2.60. The van der Waals surface area contributed by atoms with E-state index in [2.05, 4.69) is 62.9 Å². The van der Waals surface area contributed by atoms with E-state index in [1.807, 2.05) is 0 Å². The molecule has 1 aliphatic carbocycles. The highest BCUT2D eigenvalue weighted by molar-refractivity contribution is 5.66. The molecule has 0 spiro atoms. The Morgan fingerprint density at radius 1 is 0.917 bits per heavy atom. The van der Waals surface area contributed by atoms with Crippen LogP contribution in [0, 0.1) is 19.8 Å². The normalized spacial score (nSPS) is 15.4.